The van der Waals surface area contributed by atoms with Gasteiger partial charge in [-0.15, -0.1) is 0 Å². The van der Waals surface area contributed by atoms with Gasteiger partial charge in [-0.2, -0.15) is 0 Å². The molecule has 2 aromatic rings. The number of hydrogen-bond donors (Lipinski definition) is 3. The Hall–Kier alpha value is -3.81. The highest BCUT2D eigenvalue weighted by Crippen LogP contribution is 2.25. The number of aliphatic carboxylic acids is 1. The fraction of sp³-hybridized carbons (Fsp3) is 0.105. The second kappa shape index (κ2) is 9.62. The number of rotatable bonds is 8. The third-order valence-electron chi connectivity index (χ3n) is 3.22. The Morgan fingerprint density at radius 3 is 2.30 bits per heavy atom. The monoisotopic (exact) mass is 370 g/mol. The van der Waals surface area contributed by atoms with Crippen LogP contribution in [0.4, 0.5) is 11.4 Å². The van der Waals surface area contributed by atoms with Gasteiger partial charge in [0.25, 0.3) is 5.91 Å². The summed E-state index contributed by atoms with van der Waals surface area (Å²) in [6.07, 6.45) is 1.63. The maximum atomic E-state index is 12.1. The molecule has 0 unspecified atom stereocenters. The van der Waals surface area contributed by atoms with Crippen molar-refractivity contribution >= 4 is 29.2 Å². The quantitative estimate of drug-likeness (QED) is 0.615. The van der Waals surface area contributed by atoms with Gasteiger partial charge >= 0.3 is 5.97 Å². The lowest BCUT2D eigenvalue weighted by Gasteiger charge is -2.11. The molecule has 140 valence electrons. The number of carbonyl (C=O) groups excluding carboxylic acids is 2. The number of carboxylic acid groups (broad SMARTS) is 1. The van der Waals surface area contributed by atoms with E-state index in [1.54, 1.807) is 42.5 Å². The average Bonchev–Trinajstić information content (AvgIpc) is 2.65. The predicted molar refractivity (Wildman–Crippen MR) is 99.0 cm³/mol. The Bertz CT molecular complexity index is 863. The van der Waals surface area contributed by atoms with E-state index in [2.05, 4.69) is 10.6 Å². The van der Waals surface area contributed by atoms with Crippen LogP contribution in [0.2, 0.25) is 0 Å². The molecule has 0 heterocycles. The first-order valence-electron chi connectivity index (χ1n) is 7.85. The van der Waals surface area contributed by atoms with Crippen LogP contribution in [0.3, 0.4) is 0 Å². The Morgan fingerprint density at radius 1 is 0.963 bits per heavy atom. The zero-order chi connectivity index (χ0) is 19.6. The van der Waals surface area contributed by atoms with Gasteiger partial charge < -0.3 is 25.2 Å². The summed E-state index contributed by atoms with van der Waals surface area (Å²) < 4.78 is 10.6. The topological polar surface area (TPSA) is 114 Å². The van der Waals surface area contributed by atoms with Crippen molar-refractivity contribution in [3.8, 4) is 11.5 Å². The van der Waals surface area contributed by atoms with Crippen LogP contribution in [0.1, 0.15) is 0 Å². The molecule has 0 atom stereocenters. The summed E-state index contributed by atoms with van der Waals surface area (Å²) in [4.78, 5) is 34.0. The van der Waals surface area contributed by atoms with E-state index in [0.29, 0.717) is 22.9 Å². The highest BCUT2D eigenvalue weighted by atomic mass is 16.5. The van der Waals surface area contributed by atoms with Crippen molar-refractivity contribution in [3.05, 3.63) is 60.7 Å². The van der Waals surface area contributed by atoms with Gasteiger partial charge in [-0.05, 0) is 30.3 Å². The molecule has 0 aliphatic carbocycles. The highest BCUT2D eigenvalue weighted by molar-refractivity contribution is 6.02. The van der Waals surface area contributed by atoms with Gasteiger partial charge in [0.2, 0.25) is 5.91 Å². The first kappa shape index (κ1) is 19.5. The Labute approximate surface area is 155 Å². The maximum Gasteiger partial charge on any atom is 0.328 e. The molecular weight excluding hydrogens is 352 g/mol. The standard InChI is InChI=1S/C19H18N2O6/c1-26-15-7-2-3-8-16(15)27-12-18(23)21-14-6-4-5-13(11-14)20-17(22)9-10-19(24)25/h2-11H,12H2,1H3,(H,20,22)(H,21,23)(H,24,25)/b10-9+. The van der Waals surface area contributed by atoms with Crippen molar-refractivity contribution in [2.24, 2.45) is 0 Å². The molecule has 0 bridgehead atoms. The maximum absolute atomic E-state index is 12.1. The van der Waals surface area contributed by atoms with Crippen LogP contribution in [0.5, 0.6) is 11.5 Å². The number of ether oxygens (including phenoxy) is 2. The molecule has 0 radical (unpaired) electrons. The molecule has 0 spiro atoms. The van der Waals surface area contributed by atoms with Gasteiger partial charge in [-0.1, -0.05) is 18.2 Å². The summed E-state index contributed by atoms with van der Waals surface area (Å²) in [6, 6.07) is 13.4. The van der Waals surface area contributed by atoms with Crippen molar-refractivity contribution < 1.29 is 29.0 Å². The molecule has 2 amide bonds. The third kappa shape index (κ3) is 6.54. The van der Waals surface area contributed by atoms with Gasteiger partial charge in [0.1, 0.15) is 0 Å². The summed E-state index contributed by atoms with van der Waals surface area (Å²) in [5.74, 6) is -1.25. The van der Waals surface area contributed by atoms with E-state index in [1.807, 2.05) is 0 Å². The molecule has 8 nitrogen and oxygen atoms in total. The summed E-state index contributed by atoms with van der Waals surface area (Å²) in [6.45, 7) is -0.224. The summed E-state index contributed by atoms with van der Waals surface area (Å²) in [7, 11) is 1.51. The zero-order valence-corrected chi connectivity index (χ0v) is 14.5. The smallest absolute Gasteiger partial charge is 0.328 e. The van der Waals surface area contributed by atoms with E-state index in [1.165, 1.54) is 13.2 Å². The molecule has 0 aliphatic heterocycles. The van der Waals surface area contributed by atoms with Crippen LogP contribution in [0, 0.1) is 0 Å². The molecule has 27 heavy (non-hydrogen) atoms. The molecule has 0 fully saturated rings. The number of amides is 2. The van der Waals surface area contributed by atoms with Gasteiger partial charge in [0.05, 0.1) is 7.11 Å². The fourth-order valence-corrected chi connectivity index (χ4v) is 2.08. The lowest BCUT2D eigenvalue weighted by atomic mass is 10.2. The predicted octanol–water partition coefficient (Wildman–Crippen LogP) is 2.29. The first-order valence-corrected chi connectivity index (χ1v) is 7.85. The number of hydrogen-bond acceptors (Lipinski definition) is 5. The van der Waals surface area contributed by atoms with Gasteiger partial charge in [0, 0.05) is 23.5 Å². The van der Waals surface area contributed by atoms with E-state index in [0.717, 1.165) is 12.2 Å². The Kier molecular flexibility index (Phi) is 6.95. The molecule has 0 saturated carbocycles. The van der Waals surface area contributed by atoms with Crippen molar-refractivity contribution in [3.63, 3.8) is 0 Å². The van der Waals surface area contributed by atoms with E-state index < -0.39 is 17.8 Å². The van der Waals surface area contributed by atoms with E-state index in [4.69, 9.17) is 14.6 Å². The highest BCUT2D eigenvalue weighted by Gasteiger charge is 2.08. The van der Waals surface area contributed by atoms with Crippen molar-refractivity contribution in [1.29, 1.82) is 0 Å². The third-order valence-corrected chi connectivity index (χ3v) is 3.22. The van der Waals surface area contributed by atoms with Crippen molar-refractivity contribution in [1.82, 2.24) is 0 Å². The van der Waals surface area contributed by atoms with Gasteiger partial charge in [-0.25, -0.2) is 4.79 Å². The number of methoxy groups -OCH3 is 1. The molecule has 2 rings (SSSR count). The molecule has 2 aromatic carbocycles. The Balaban J connectivity index is 1.92. The number of benzene rings is 2. The minimum absolute atomic E-state index is 0.224. The average molecular weight is 370 g/mol. The minimum Gasteiger partial charge on any atom is -0.493 e. The molecule has 0 aliphatic rings. The molecular formula is C19H18N2O6. The van der Waals surface area contributed by atoms with Gasteiger partial charge in [0.15, 0.2) is 18.1 Å². The molecule has 0 saturated heterocycles. The molecule has 3 N–H and O–H groups in total. The first-order chi connectivity index (χ1) is 13.0. The van der Waals surface area contributed by atoms with E-state index >= 15 is 0 Å². The lowest BCUT2D eigenvalue weighted by molar-refractivity contribution is -0.131. The van der Waals surface area contributed by atoms with Crippen molar-refractivity contribution in [2.75, 3.05) is 24.4 Å². The second-order valence-electron chi connectivity index (χ2n) is 5.23. The summed E-state index contributed by atoms with van der Waals surface area (Å²) in [5.41, 5.74) is 0.849. The summed E-state index contributed by atoms with van der Waals surface area (Å²) >= 11 is 0. The SMILES string of the molecule is COc1ccccc1OCC(=O)Nc1cccc(NC(=O)/C=C/C(=O)O)c1. The number of carboxylic acids is 1. The Morgan fingerprint density at radius 2 is 1.63 bits per heavy atom. The number of nitrogens with one attached hydrogen (secondary N) is 2. The van der Waals surface area contributed by atoms with E-state index in [9.17, 15) is 14.4 Å². The largest absolute Gasteiger partial charge is 0.493 e. The van der Waals surface area contributed by atoms with Crippen LogP contribution in [-0.2, 0) is 14.4 Å². The zero-order valence-electron chi connectivity index (χ0n) is 14.5. The molecule has 8 heteroatoms. The fourth-order valence-electron chi connectivity index (χ4n) is 2.08. The minimum atomic E-state index is -1.22. The normalized spacial score (nSPS) is 10.3. The van der Waals surface area contributed by atoms with Gasteiger partial charge in [-0.3, -0.25) is 9.59 Å². The van der Waals surface area contributed by atoms with Crippen LogP contribution >= 0.6 is 0 Å². The number of para-hydroxylation sites is 2. The van der Waals surface area contributed by atoms with Crippen LogP contribution < -0.4 is 20.1 Å². The lowest BCUT2D eigenvalue weighted by Crippen LogP contribution is -2.20. The summed E-state index contributed by atoms with van der Waals surface area (Å²) in [5, 5.41) is 13.6. The van der Waals surface area contributed by atoms with Crippen LogP contribution in [0.15, 0.2) is 60.7 Å². The molecule has 0 aromatic heterocycles. The van der Waals surface area contributed by atoms with Crippen LogP contribution in [-0.4, -0.2) is 36.6 Å². The van der Waals surface area contributed by atoms with Crippen LogP contribution in [0.25, 0.3) is 0 Å². The second-order valence-corrected chi connectivity index (χ2v) is 5.23. The van der Waals surface area contributed by atoms with E-state index in [-0.39, 0.29) is 6.61 Å². The number of carbonyl (C=O) groups is 3. The number of anilines is 2. The van der Waals surface area contributed by atoms with Crippen molar-refractivity contribution in [2.45, 2.75) is 0 Å².